The Kier molecular flexibility index (Phi) is 5.69. The minimum atomic E-state index is -0.731. The molecule has 2 unspecified atom stereocenters. The van der Waals surface area contributed by atoms with Crippen molar-refractivity contribution >= 4 is 41.0 Å². The summed E-state index contributed by atoms with van der Waals surface area (Å²) in [6, 6.07) is 8.03. The number of nitrogens with one attached hydrogen (secondary N) is 1. The molecule has 1 aliphatic heterocycles. The van der Waals surface area contributed by atoms with Gasteiger partial charge in [-0.2, -0.15) is 0 Å². The van der Waals surface area contributed by atoms with E-state index in [2.05, 4.69) is 46.1 Å². The standard InChI is InChI=1S/C12H14INO2.ClH/c13-10-3-1-2-8(5-10)4-9-6-11(12(15)16)14-7-9;/h1-3,5,9,11,14H,4,6-7H2,(H,15,16);1H. The van der Waals surface area contributed by atoms with Crippen LogP contribution in [-0.4, -0.2) is 23.7 Å². The highest BCUT2D eigenvalue weighted by Gasteiger charge is 2.28. The first kappa shape index (κ1) is 14.7. The van der Waals surface area contributed by atoms with E-state index in [1.54, 1.807) is 0 Å². The Morgan fingerprint density at radius 3 is 2.88 bits per heavy atom. The van der Waals surface area contributed by atoms with Crippen molar-refractivity contribution in [1.82, 2.24) is 5.32 Å². The Balaban J connectivity index is 0.00000144. The Morgan fingerprint density at radius 2 is 2.29 bits per heavy atom. The Hall–Kier alpha value is -0.330. The Bertz CT molecular complexity index is 400. The van der Waals surface area contributed by atoms with E-state index in [9.17, 15) is 4.79 Å². The molecule has 0 saturated carbocycles. The fourth-order valence-corrected chi connectivity index (χ4v) is 2.76. The molecule has 17 heavy (non-hydrogen) atoms. The zero-order valence-electron chi connectivity index (χ0n) is 9.23. The first-order chi connectivity index (χ1) is 7.65. The van der Waals surface area contributed by atoms with Gasteiger partial charge in [0.2, 0.25) is 0 Å². The molecule has 5 heteroatoms. The van der Waals surface area contributed by atoms with Gasteiger partial charge in [-0.25, -0.2) is 0 Å². The molecule has 1 aromatic rings. The van der Waals surface area contributed by atoms with Crippen molar-refractivity contribution in [2.75, 3.05) is 6.54 Å². The van der Waals surface area contributed by atoms with Gasteiger partial charge >= 0.3 is 5.97 Å². The summed E-state index contributed by atoms with van der Waals surface area (Å²) in [7, 11) is 0. The number of carboxylic acids is 1. The summed E-state index contributed by atoms with van der Waals surface area (Å²) in [5.41, 5.74) is 1.30. The summed E-state index contributed by atoms with van der Waals surface area (Å²) in [5.74, 6) is -0.288. The third-order valence-corrected chi connectivity index (χ3v) is 3.60. The zero-order chi connectivity index (χ0) is 11.5. The van der Waals surface area contributed by atoms with Crippen molar-refractivity contribution in [3.63, 3.8) is 0 Å². The van der Waals surface area contributed by atoms with E-state index in [-0.39, 0.29) is 18.4 Å². The molecule has 1 aromatic carbocycles. The van der Waals surface area contributed by atoms with Crippen LogP contribution in [0.2, 0.25) is 0 Å². The molecule has 2 atom stereocenters. The second-order valence-electron chi connectivity index (χ2n) is 4.23. The topological polar surface area (TPSA) is 49.3 Å². The maximum atomic E-state index is 10.8. The van der Waals surface area contributed by atoms with Crippen LogP contribution in [-0.2, 0) is 11.2 Å². The lowest BCUT2D eigenvalue weighted by molar-refractivity contribution is -0.139. The van der Waals surface area contributed by atoms with Gasteiger partial charge in [-0.05, 0) is 65.6 Å². The lowest BCUT2D eigenvalue weighted by Gasteiger charge is -2.08. The SMILES string of the molecule is Cl.O=C(O)C1CC(Cc2cccc(I)c2)CN1. The smallest absolute Gasteiger partial charge is 0.320 e. The molecule has 1 fully saturated rings. The minimum Gasteiger partial charge on any atom is -0.480 e. The number of carboxylic acid groups (broad SMARTS) is 1. The molecular formula is C12H15ClINO2. The number of aliphatic carboxylic acids is 1. The van der Waals surface area contributed by atoms with Gasteiger partial charge in [0.15, 0.2) is 0 Å². The molecule has 1 aliphatic rings. The van der Waals surface area contributed by atoms with Crippen LogP contribution in [0.15, 0.2) is 24.3 Å². The average molecular weight is 368 g/mol. The number of hydrogen-bond donors (Lipinski definition) is 2. The Labute approximate surface area is 121 Å². The van der Waals surface area contributed by atoms with Crippen LogP contribution < -0.4 is 5.32 Å². The second-order valence-corrected chi connectivity index (χ2v) is 5.48. The van der Waals surface area contributed by atoms with Gasteiger partial charge in [-0.1, -0.05) is 12.1 Å². The molecule has 1 heterocycles. The largest absolute Gasteiger partial charge is 0.480 e. The summed E-state index contributed by atoms with van der Waals surface area (Å²) >= 11 is 2.30. The van der Waals surface area contributed by atoms with Crippen molar-refractivity contribution in [1.29, 1.82) is 0 Å². The van der Waals surface area contributed by atoms with Gasteiger partial charge in [0.25, 0.3) is 0 Å². The first-order valence-electron chi connectivity index (χ1n) is 5.36. The molecular weight excluding hydrogens is 352 g/mol. The summed E-state index contributed by atoms with van der Waals surface area (Å²) in [5, 5.41) is 11.9. The zero-order valence-corrected chi connectivity index (χ0v) is 12.2. The predicted octanol–water partition coefficient (Wildman–Crippen LogP) is 2.32. The molecule has 0 radical (unpaired) electrons. The summed E-state index contributed by atoms with van der Waals surface area (Å²) in [4.78, 5) is 10.8. The third kappa shape index (κ3) is 4.12. The molecule has 0 bridgehead atoms. The van der Waals surface area contributed by atoms with E-state index in [0.717, 1.165) is 19.4 Å². The number of rotatable bonds is 3. The molecule has 94 valence electrons. The molecule has 3 nitrogen and oxygen atoms in total. The highest BCUT2D eigenvalue weighted by molar-refractivity contribution is 14.1. The van der Waals surface area contributed by atoms with Gasteiger partial charge in [0.05, 0.1) is 0 Å². The fraction of sp³-hybridized carbons (Fsp3) is 0.417. The van der Waals surface area contributed by atoms with Crippen molar-refractivity contribution in [2.45, 2.75) is 18.9 Å². The van der Waals surface area contributed by atoms with E-state index in [1.807, 2.05) is 6.07 Å². The van der Waals surface area contributed by atoms with Crippen molar-refractivity contribution in [2.24, 2.45) is 5.92 Å². The van der Waals surface area contributed by atoms with Gasteiger partial charge in [-0.3, -0.25) is 4.79 Å². The van der Waals surface area contributed by atoms with Crippen molar-refractivity contribution < 1.29 is 9.90 Å². The highest BCUT2D eigenvalue weighted by Crippen LogP contribution is 2.20. The van der Waals surface area contributed by atoms with Crippen LogP contribution in [0.25, 0.3) is 0 Å². The van der Waals surface area contributed by atoms with Gasteiger partial charge < -0.3 is 10.4 Å². The second kappa shape index (κ2) is 6.56. The van der Waals surface area contributed by atoms with Crippen LogP contribution >= 0.6 is 35.0 Å². The number of halogens is 2. The summed E-state index contributed by atoms with van der Waals surface area (Å²) in [6.45, 7) is 0.808. The van der Waals surface area contributed by atoms with E-state index in [4.69, 9.17) is 5.11 Å². The van der Waals surface area contributed by atoms with Crippen molar-refractivity contribution in [3.05, 3.63) is 33.4 Å². The molecule has 2 rings (SSSR count). The number of benzene rings is 1. The fourth-order valence-electron chi connectivity index (χ4n) is 2.15. The maximum absolute atomic E-state index is 10.8. The van der Waals surface area contributed by atoms with Crippen LogP contribution in [0, 0.1) is 9.49 Å². The molecule has 0 aromatic heterocycles. The number of hydrogen-bond acceptors (Lipinski definition) is 2. The molecule has 1 saturated heterocycles. The van der Waals surface area contributed by atoms with Crippen LogP contribution in [0.5, 0.6) is 0 Å². The predicted molar refractivity (Wildman–Crippen MR) is 77.6 cm³/mol. The van der Waals surface area contributed by atoms with Gasteiger partial charge in [0.1, 0.15) is 6.04 Å². The third-order valence-electron chi connectivity index (χ3n) is 2.93. The minimum absolute atomic E-state index is 0. The van der Waals surface area contributed by atoms with E-state index < -0.39 is 5.97 Å². The van der Waals surface area contributed by atoms with E-state index in [1.165, 1.54) is 9.13 Å². The first-order valence-corrected chi connectivity index (χ1v) is 6.43. The maximum Gasteiger partial charge on any atom is 0.320 e. The normalized spacial score (nSPS) is 23.1. The quantitative estimate of drug-likeness (QED) is 0.806. The highest BCUT2D eigenvalue weighted by atomic mass is 127. The molecule has 0 aliphatic carbocycles. The Morgan fingerprint density at radius 1 is 1.53 bits per heavy atom. The molecule has 2 N–H and O–H groups in total. The lowest BCUT2D eigenvalue weighted by Crippen LogP contribution is -2.29. The number of carbonyl (C=O) groups is 1. The van der Waals surface area contributed by atoms with Crippen LogP contribution in [0.3, 0.4) is 0 Å². The molecule has 0 spiro atoms. The average Bonchev–Trinajstić information content (AvgIpc) is 2.66. The van der Waals surface area contributed by atoms with Gasteiger partial charge in [-0.15, -0.1) is 12.4 Å². The molecule has 0 amide bonds. The van der Waals surface area contributed by atoms with Crippen molar-refractivity contribution in [3.8, 4) is 0 Å². The van der Waals surface area contributed by atoms with E-state index in [0.29, 0.717) is 5.92 Å². The summed E-state index contributed by atoms with van der Waals surface area (Å²) < 4.78 is 1.23. The van der Waals surface area contributed by atoms with Gasteiger partial charge in [0, 0.05) is 3.57 Å². The van der Waals surface area contributed by atoms with Crippen LogP contribution in [0.1, 0.15) is 12.0 Å². The summed E-state index contributed by atoms with van der Waals surface area (Å²) in [6.07, 6.45) is 1.70. The van der Waals surface area contributed by atoms with Crippen LogP contribution in [0.4, 0.5) is 0 Å². The van der Waals surface area contributed by atoms with E-state index >= 15 is 0 Å². The monoisotopic (exact) mass is 367 g/mol. The lowest BCUT2D eigenvalue weighted by atomic mass is 9.97.